The number of fused-ring (bicyclic) bond motifs is 1. The van der Waals surface area contributed by atoms with Gasteiger partial charge in [0.15, 0.2) is 5.76 Å². The lowest BCUT2D eigenvalue weighted by Gasteiger charge is -1.99. The van der Waals surface area contributed by atoms with Gasteiger partial charge in [0.1, 0.15) is 5.52 Å². The van der Waals surface area contributed by atoms with E-state index in [0.29, 0.717) is 17.4 Å². The summed E-state index contributed by atoms with van der Waals surface area (Å²) in [6.45, 7) is 2.13. The van der Waals surface area contributed by atoms with Crippen molar-refractivity contribution in [2.45, 2.75) is 6.92 Å². The van der Waals surface area contributed by atoms with Crippen molar-refractivity contribution in [1.29, 1.82) is 0 Å². The Hall–Kier alpha value is -2.59. The van der Waals surface area contributed by atoms with Crippen molar-refractivity contribution in [1.82, 2.24) is 5.16 Å². The van der Waals surface area contributed by atoms with Gasteiger partial charge in [0.2, 0.25) is 0 Å². The smallest absolute Gasteiger partial charge is 0.330 e. The summed E-state index contributed by atoms with van der Waals surface area (Å²) in [5, 5.41) is 5.60. The van der Waals surface area contributed by atoms with Gasteiger partial charge in [-0.2, -0.15) is 0 Å². The molecule has 0 N–H and O–H groups in total. The number of hydrogen-bond acceptors (Lipinski definition) is 4. The van der Waals surface area contributed by atoms with E-state index in [1.807, 2.05) is 30.3 Å². The molecule has 0 saturated heterocycles. The highest BCUT2D eigenvalue weighted by Crippen LogP contribution is 2.30. The van der Waals surface area contributed by atoms with E-state index in [-0.39, 0.29) is 5.97 Å². The van der Waals surface area contributed by atoms with E-state index in [1.165, 1.54) is 6.08 Å². The maximum atomic E-state index is 11.4. The number of aromatic nitrogens is 1. The van der Waals surface area contributed by atoms with E-state index >= 15 is 0 Å². The largest absolute Gasteiger partial charge is 0.463 e. The van der Waals surface area contributed by atoms with Crippen molar-refractivity contribution < 1.29 is 14.1 Å². The Morgan fingerprint density at radius 3 is 2.78 bits per heavy atom. The Morgan fingerprint density at radius 2 is 2.04 bits per heavy atom. The third-order valence-electron chi connectivity index (χ3n) is 3.31. The van der Waals surface area contributed by atoms with E-state index in [0.717, 1.165) is 22.0 Å². The number of ether oxygens (including phenoxy) is 1. The molecular formula is C18H14ClNO3. The zero-order valence-electron chi connectivity index (χ0n) is 12.5. The summed E-state index contributed by atoms with van der Waals surface area (Å²) < 4.78 is 10.3. The van der Waals surface area contributed by atoms with Gasteiger partial charge in [-0.1, -0.05) is 22.8 Å². The first-order chi connectivity index (χ1) is 11.2. The van der Waals surface area contributed by atoms with Crippen LogP contribution in [0.1, 0.15) is 12.5 Å². The van der Waals surface area contributed by atoms with Crippen molar-refractivity contribution in [2.24, 2.45) is 0 Å². The van der Waals surface area contributed by atoms with Crippen LogP contribution in [0.25, 0.3) is 28.3 Å². The average molecular weight is 328 g/mol. The van der Waals surface area contributed by atoms with Crippen LogP contribution in [0, 0.1) is 0 Å². The summed E-state index contributed by atoms with van der Waals surface area (Å²) in [6, 6.07) is 13.0. The molecule has 23 heavy (non-hydrogen) atoms. The van der Waals surface area contributed by atoms with Crippen LogP contribution in [-0.4, -0.2) is 17.7 Å². The SMILES string of the molecule is CCOC(=O)/C=C/c1ccc2noc(-c3ccc(Cl)cc3)c2c1. The van der Waals surface area contributed by atoms with E-state index in [1.54, 1.807) is 25.1 Å². The van der Waals surface area contributed by atoms with E-state index in [4.69, 9.17) is 20.9 Å². The second-order valence-electron chi connectivity index (χ2n) is 4.88. The summed E-state index contributed by atoms with van der Waals surface area (Å²) in [4.78, 5) is 11.4. The molecule has 0 saturated carbocycles. The topological polar surface area (TPSA) is 52.3 Å². The lowest BCUT2D eigenvalue weighted by Crippen LogP contribution is -1.98. The van der Waals surface area contributed by atoms with Crippen molar-refractivity contribution >= 4 is 34.5 Å². The summed E-state index contributed by atoms with van der Waals surface area (Å²) in [6.07, 6.45) is 3.11. The third kappa shape index (κ3) is 3.43. The Labute approximate surface area is 138 Å². The summed E-state index contributed by atoms with van der Waals surface area (Å²) in [5.41, 5.74) is 2.51. The van der Waals surface area contributed by atoms with Crippen LogP contribution in [0.5, 0.6) is 0 Å². The van der Waals surface area contributed by atoms with Gasteiger partial charge >= 0.3 is 5.97 Å². The first kappa shape index (κ1) is 15.3. The van der Waals surface area contributed by atoms with Crippen LogP contribution < -0.4 is 0 Å². The molecule has 3 rings (SSSR count). The molecule has 0 spiro atoms. The number of carbonyl (C=O) groups excluding carboxylic acids is 1. The molecule has 0 unspecified atom stereocenters. The molecule has 2 aromatic carbocycles. The monoisotopic (exact) mass is 327 g/mol. The molecule has 116 valence electrons. The standard InChI is InChI=1S/C18H14ClNO3/c1-2-22-17(21)10-4-12-3-9-16-15(11-12)18(23-20-16)13-5-7-14(19)8-6-13/h3-11H,2H2,1H3/b10-4+. The average Bonchev–Trinajstić information content (AvgIpc) is 2.97. The minimum Gasteiger partial charge on any atom is -0.463 e. The van der Waals surface area contributed by atoms with Crippen LogP contribution >= 0.6 is 11.6 Å². The molecule has 0 fully saturated rings. The molecule has 0 atom stereocenters. The lowest BCUT2D eigenvalue weighted by molar-refractivity contribution is -0.137. The minimum absolute atomic E-state index is 0.356. The molecular weight excluding hydrogens is 314 g/mol. The number of esters is 1. The minimum atomic E-state index is -0.365. The predicted octanol–water partition coefficient (Wildman–Crippen LogP) is 4.72. The van der Waals surface area contributed by atoms with E-state index < -0.39 is 0 Å². The Bertz CT molecular complexity index is 866. The summed E-state index contributed by atoms with van der Waals surface area (Å²) in [7, 11) is 0. The van der Waals surface area contributed by atoms with Crippen molar-refractivity contribution in [3.05, 3.63) is 59.1 Å². The van der Waals surface area contributed by atoms with Crippen LogP contribution in [0.15, 0.2) is 53.1 Å². The quantitative estimate of drug-likeness (QED) is 0.513. The molecule has 1 aromatic heterocycles. The predicted molar refractivity (Wildman–Crippen MR) is 90.1 cm³/mol. The van der Waals surface area contributed by atoms with Crippen molar-refractivity contribution in [2.75, 3.05) is 6.61 Å². The Kier molecular flexibility index (Phi) is 4.44. The highest BCUT2D eigenvalue weighted by molar-refractivity contribution is 6.30. The number of carbonyl (C=O) groups is 1. The zero-order chi connectivity index (χ0) is 16.2. The number of benzene rings is 2. The fraction of sp³-hybridized carbons (Fsp3) is 0.111. The van der Waals surface area contributed by atoms with Gasteiger partial charge in [-0.3, -0.25) is 0 Å². The van der Waals surface area contributed by atoms with E-state index in [2.05, 4.69) is 5.16 Å². The molecule has 4 nitrogen and oxygen atoms in total. The number of rotatable bonds is 4. The molecule has 1 heterocycles. The van der Waals surface area contributed by atoms with E-state index in [9.17, 15) is 4.79 Å². The number of halogens is 1. The molecule has 3 aromatic rings. The van der Waals surface area contributed by atoms with Gasteiger partial charge in [-0.15, -0.1) is 0 Å². The Morgan fingerprint density at radius 1 is 1.26 bits per heavy atom. The van der Waals surface area contributed by atoms with Gasteiger partial charge in [0, 0.05) is 16.7 Å². The van der Waals surface area contributed by atoms with Crippen LogP contribution in [0.3, 0.4) is 0 Å². The van der Waals surface area contributed by atoms with Gasteiger partial charge in [0.25, 0.3) is 0 Å². The Balaban J connectivity index is 1.97. The lowest BCUT2D eigenvalue weighted by atomic mass is 10.1. The molecule has 5 heteroatoms. The molecule has 0 radical (unpaired) electrons. The number of hydrogen-bond donors (Lipinski definition) is 0. The molecule has 0 bridgehead atoms. The summed E-state index contributed by atoms with van der Waals surface area (Å²) in [5.74, 6) is 0.305. The van der Waals surface area contributed by atoms with Crippen LogP contribution in [0.4, 0.5) is 0 Å². The van der Waals surface area contributed by atoms with Crippen molar-refractivity contribution in [3.8, 4) is 11.3 Å². The van der Waals surface area contributed by atoms with Crippen LogP contribution in [-0.2, 0) is 9.53 Å². The highest BCUT2D eigenvalue weighted by Gasteiger charge is 2.11. The molecule has 0 amide bonds. The second-order valence-corrected chi connectivity index (χ2v) is 5.32. The fourth-order valence-corrected chi connectivity index (χ4v) is 2.35. The zero-order valence-corrected chi connectivity index (χ0v) is 13.2. The van der Waals surface area contributed by atoms with Gasteiger partial charge < -0.3 is 9.26 Å². The maximum Gasteiger partial charge on any atom is 0.330 e. The second kappa shape index (κ2) is 6.67. The molecule has 0 aliphatic carbocycles. The highest BCUT2D eigenvalue weighted by atomic mass is 35.5. The first-order valence-corrected chi connectivity index (χ1v) is 7.55. The van der Waals surface area contributed by atoms with Gasteiger partial charge in [-0.25, -0.2) is 4.79 Å². The number of nitrogens with zero attached hydrogens (tertiary/aromatic N) is 1. The maximum absolute atomic E-state index is 11.4. The third-order valence-corrected chi connectivity index (χ3v) is 3.56. The van der Waals surface area contributed by atoms with Crippen LogP contribution in [0.2, 0.25) is 5.02 Å². The summed E-state index contributed by atoms with van der Waals surface area (Å²) >= 11 is 5.91. The fourth-order valence-electron chi connectivity index (χ4n) is 2.23. The van der Waals surface area contributed by atoms with Gasteiger partial charge in [0.05, 0.1) is 12.0 Å². The molecule has 0 aliphatic heterocycles. The van der Waals surface area contributed by atoms with Crippen molar-refractivity contribution in [3.63, 3.8) is 0 Å². The molecule has 0 aliphatic rings. The normalized spacial score (nSPS) is 11.2. The first-order valence-electron chi connectivity index (χ1n) is 7.17. The van der Waals surface area contributed by atoms with Gasteiger partial charge in [-0.05, 0) is 55.0 Å².